The lowest BCUT2D eigenvalue weighted by molar-refractivity contribution is -0.684. The van der Waals surface area contributed by atoms with Gasteiger partial charge in [-0.1, -0.05) is 0 Å². The predicted molar refractivity (Wildman–Crippen MR) is 39.3 cm³/mol. The molecule has 1 aromatic heterocycles. The number of aryl methyl sites for hydroxylation is 2. The van der Waals surface area contributed by atoms with E-state index in [1.54, 1.807) is 0 Å². The second-order valence-electron chi connectivity index (χ2n) is 1.79. The minimum Gasteiger partial charge on any atom is -1.00 e. The molecule has 0 aliphatic carbocycles. The van der Waals surface area contributed by atoms with Crippen molar-refractivity contribution >= 4 is 22.6 Å². The van der Waals surface area contributed by atoms with Crippen molar-refractivity contribution in [1.29, 1.82) is 0 Å². The van der Waals surface area contributed by atoms with E-state index in [1.807, 2.05) is 26.5 Å². The molecular formula is C5H8I2N2. The molecule has 9 heavy (non-hydrogen) atoms. The summed E-state index contributed by atoms with van der Waals surface area (Å²) in [4.78, 5) is 0. The van der Waals surface area contributed by atoms with E-state index in [2.05, 4.69) is 31.7 Å². The van der Waals surface area contributed by atoms with Crippen molar-refractivity contribution < 1.29 is 28.5 Å². The topological polar surface area (TPSA) is 8.81 Å². The quantitative estimate of drug-likeness (QED) is 0.360. The molecule has 0 aliphatic rings. The summed E-state index contributed by atoms with van der Waals surface area (Å²) in [6.45, 7) is 0. The van der Waals surface area contributed by atoms with Crippen LogP contribution in [0.5, 0.6) is 0 Å². The molecule has 0 saturated carbocycles. The van der Waals surface area contributed by atoms with Crippen molar-refractivity contribution in [3.8, 4) is 0 Å². The molecule has 52 valence electrons. The van der Waals surface area contributed by atoms with Gasteiger partial charge in [0.25, 0.3) is 0 Å². The third kappa shape index (κ3) is 2.06. The Morgan fingerprint density at radius 1 is 1.67 bits per heavy atom. The van der Waals surface area contributed by atoms with E-state index in [1.165, 1.54) is 3.83 Å². The minimum atomic E-state index is 0. The number of rotatable bonds is 0. The monoisotopic (exact) mass is 350 g/mol. The fourth-order valence-electron chi connectivity index (χ4n) is 0.572. The first kappa shape index (κ1) is 9.67. The van der Waals surface area contributed by atoms with Gasteiger partial charge in [0.2, 0.25) is 0 Å². The molecule has 0 saturated heterocycles. The Hall–Kier alpha value is 0.670. The van der Waals surface area contributed by atoms with Crippen LogP contribution in [0.1, 0.15) is 0 Å². The molecule has 1 heterocycles. The van der Waals surface area contributed by atoms with E-state index < -0.39 is 0 Å². The summed E-state index contributed by atoms with van der Waals surface area (Å²) in [6.07, 6.45) is 4.06. The second kappa shape index (κ2) is 3.75. The number of imidazole rings is 1. The number of hydrogen-bond acceptors (Lipinski definition) is 0. The molecule has 1 rings (SSSR count). The maximum absolute atomic E-state index is 2.29. The molecule has 0 N–H and O–H groups in total. The molecular weight excluding hydrogens is 342 g/mol. The standard InChI is InChI=1S/C5H8IN2.HI/c1-7-3-4-8(2)5(7)6;/h3-4H,1-2H3;1H/q+1;/p-1. The Bertz CT molecular complexity index is 175. The highest BCUT2D eigenvalue weighted by Crippen LogP contribution is 1.93. The van der Waals surface area contributed by atoms with Gasteiger partial charge in [-0.2, -0.15) is 0 Å². The number of nitrogens with zero attached hydrogens (tertiary/aromatic N) is 2. The Balaban J connectivity index is 0.000000640. The maximum Gasteiger partial charge on any atom is 0.317 e. The van der Waals surface area contributed by atoms with E-state index in [0.717, 1.165) is 0 Å². The summed E-state index contributed by atoms with van der Waals surface area (Å²) in [5, 5.41) is 0. The summed E-state index contributed by atoms with van der Waals surface area (Å²) in [7, 11) is 4.06. The molecule has 0 aromatic carbocycles. The average Bonchev–Trinajstić information content (AvgIpc) is 1.98. The minimum absolute atomic E-state index is 0. The normalized spacial score (nSPS) is 8.78. The Kier molecular flexibility index (Phi) is 4.02. The molecule has 0 fully saturated rings. The highest BCUT2D eigenvalue weighted by Gasteiger charge is 2.03. The van der Waals surface area contributed by atoms with Crippen LogP contribution in [0.2, 0.25) is 0 Å². The van der Waals surface area contributed by atoms with Crippen LogP contribution in [0.25, 0.3) is 0 Å². The van der Waals surface area contributed by atoms with E-state index in [-0.39, 0.29) is 24.0 Å². The summed E-state index contributed by atoms with van der Waals surface area (Å²) in [6, 6.07) is 0. The molecule has 2 nitrogen and oxygen atoms in total. The molecule has 0 atom stereocenters. The van der Waals surface area contributed by atoms with Gasteiger partial charge in [-0.25, -0.2) is 9.13 Å². The van der Waals surface area contributed by atoms with E-state index in [4.69, 9.17) is 0 Å². The van der Waals surface area contributed by atoms with Gasteiger partial charge in [0.15, 0.2) is 0 Å². The van der Waals surface area contributed by atoms with Crippen LogP contribution in [-0.4, -0.2) is 4.57 Å². The lowest BCUT2D eigenvalue weighted by atomic mass is 10.9. The highest BCUT2D eigenvalue weighted by molar-refractivity contribution is 14.1. The SMILES string of the molecule is Cn1cc[n+](C)c1I.[I-]. The van der Waals surface area contributed by atoms with Gasteiger partial charge in [-0.05, 0) is 0 Å². The Labute approximate surface area is 85.4 Å². The summed E-state index contributed by atoms with van der Waals surface area (Å²) in [5.41, 5.74) is 0. The number of aromatic nitrogens is 2. The molecule has 0 radical (unpaired) electrons. The first-order chi connectivity index (χ1) is 3.72. The number of halogens is 2. The fourth-order valence-corrected chi connectivity index (χ4v) is 0.893. The average molecular weight is 350 g/mol. The smallest absolute Gasteiger partial charge is 0.317 e. The van der Waals surface area contributed by atoms with Crippen LogP contribution >= 0.6 is 22.6 Å². The Morgan fingerprint density at radius 2 is 2.22 bits per heavy atom. The van der Waals surface area contributed by atoms with Crippen molar-refractivity contribution in [3.63, 3.8) is 0 Å². The summed E-state index contributed by atoms with van der Waals surface area (Å²) in [5.74, 6) is 0. The van der Waals surface area contributed by atoms with Crippen molar-refractivity contribution in [1.82, 2.24) is 4.57 Å². The fraction of sp³-hybridized carbons (Fsp3) is 0.400. The van der Waals surface area contributed by atoms with Crippen LogP contribution in [0.4, 0.5) is 0 Å². The van der Waals surface area contributed by atoms with E-state index in [0.29, 0.717) is 0 Å². The maximum atomic E-state index is 2.29. The number of hydrogen-bond donors (Lipinski definition) is 0. The van der Waals surface area contributed by atoms with Crippen molar-refractivity contribution in [2.75, 3.05) is 0 Å². The van der Waals surface area contributed by atoms with Gasteiger partial charge in [0.05, 0.1) is 36.7 Å². The zero-order valence-corrected chi connectivity index (χ0v) is 9.62. The van der Waals surface area contributed by atoms with Gasteiger partial charge < -0.3 is 24.0 Å². The van der Waals surface area contributed by atoms with Gasteiger partial charge >= 0.3 is 3.83 Å². The molecule has 1 aromatic rings. The first-order valence-corrected chi connectivity index (χ1v) is 3.46. The van der Waals surface area contributed by atoms with Crippen molar-refractivity contribution in [3.05, 3.63) is 16.2 Å². The van der Waals surface area contributed by atoms with Gasteiger partial charge in [0.1, 0.15) is 12.4 Å². The molecule has 0 aliphatic heterocycles. The largest absolute Gasteiger partial charge is 1.00 e. The van der Waals surface area contributed by atoms with Crippen LogP contribution in [0, 0.1) is 3.83 Å². The molecule has 0 amide bonds. The van der Waals surface area contributed by atoms with E-state index >= 15 is 0 Å². The van der Waals surface area contributed by atoms with Gasteiger partial charge in [0, 0.05) is 0 Å². The summed E-state index contributed by atoms with van der Waals surface area (Å²) < 4.78 is 5.38. The molecule has 0 bridgehead atoms. The van der Waals surface area contributed by atoms with Crippen LogP contribution in [0.15, 0.2) is 12.4 Å². The molecule has 0 unspecified atom stereocenters. The first-order valence-electron chi connectivity index (χ1n) is 2.38. The predicted octanol–water partition coefficient (Wildman–Crippen LogP) is -2.54. The lowest BCUT2D eigenvalue weighted by Crippen LogP contribution is -3.00. The third-order valence-corrected chi connectivity index (χ3v) is 2.62. The molecule has 4 heteroatoms. The van der Waals surface area contributed by atoms with Crippen LogP contribution in [0.3, 0.4) is 0 Å². The zero-order chi connectivity index (χ0) is 6.15. The van der Waals surface area contributed by atoms with Gasteiger partial charge in [-0.3, -0.25) is 0 Å². The zero-order valence-electron chi connectivity index (χ0n) is 5.31. The molecule has 0 spiro atoms. The van der Waals surface area contributed by atoms with Crippen molar-refractivity contribution in [2.45, 2.75) is 0 Å². The van der Waals surface area contributed by atoms with Crippen LogP contribution in [-0.2, 0) is 14.1 Å². The summed E-state index contributed by atoms with van der Waals surface area (Å²) >= 11 is 2.29. The highest BCUT2D eigenvalue weighted by atomic mass is 127. The van der Waals surface area contributed by atoms with Gasteiger partial charge in [-0.15, -0.1) is 0 Å². The Morgan fingerprint density at radius 3 is 2.33 bits per heavy atom. The third-order valence-electron chi connectivity index (χ3n) is 1.10. The van der Waals surface area contributed by atoms with Crippen molar-refractivity contribution in [2.24, 2.45) is 14.1 Å². The lowest BCUT2D eigenvalue weighted by Gasteiger charge is -1.82. The van der Waals surface area contributed by atoms with Crippen LogP contribution < -0.4 is 28.5 Å². The van der Waals surface area contributed by atoms with E-state index in [9.17, 15) is 0 Å². The second-order valence-corrected chi connectivity index (χ2v) is 2.75.